The Balaban J connectivity index is 2.12. The Bertz CT molecular complexity index is 571. The Morgan fingerprint density at radius 2 is 1.88 bits per heavy atom. The normalized spacial score (nSPS) is 16.3. The van der Waals surface area contributed by atoms with E-state index in [0.717, 1.165) is 25.1 Å². The van der Waals surface area contributed by atoms with Crippen molar-refractivity contribution >= 4 is 5.91 Å². The Morgan fingerprint density at radius 3 is 2.50 bits per heavy atom. The molecule has 146 valence electrons. The molecule has 0 aliphatic carbocycles. The summed E-state index contributed by atoms with van der Waals surface area (Å²) in [4.78, 5) is 14.5. The molecule has 1 unspecified atom stereocenters. The zero-order chi connectivity index (χ0) is 18.9. The van der Waals surface area contributed by atoms with Crippen LogP contribution in [0.15, 0.2) is 18.2 Å². The number of rotatable bonds is 9. The minimum Gasteiger partial charge on any atom is -0.493 e. The van der Waals surface area contributed by atoms with E-state index in [-0.39, 0.29) is 11.9 Å². The van der Waals surface area contributed by atoms with Crippen molar-refractivity contribution in [1.29, 1.82) is 0 Å². The van der Waals surface area contributed by atoms with E-state index in [4.69, 9.17) is 14.2 Å². The van der Waals surface area contributed by atoms with Crippen molar-refractivity contribution in [3.8, 4) is 11.5 Å². The van der Waals surface area contributed by atoms with E-state index in [1.54, 1.807) is 14.2 Å². The molecular formula is C20H32N2O4. The van der Waals surface area contributed by atoms with Crippen LogP contribution in [-0.4, -0.2) is 57.9 Å². The SMILES string of the molecule is COc1ccc(C(CNC(=O)CCC(C)C)N2CCOCC2)cc1OC. The van der Waals surface area contributed by atoms with Gasteiger partial charge in [0, 0.05) is 26.1 Å². The van der Waals surface area contributed by atoms with Crippen molar-refractivity contribution in [2.45, 2.75) is 32.7 Å². The molecule has 1 aliphatic heterocycles. The quantitative estimate of drug-likeness (QED) is 0.730. The Labute approximate surface area is 156 Å². The molecular weight excluding hydrogens is 332 g/mol. The molecule has 1 aromatic carbocycles. The molecule has 1 fully saturated rings. The molecule has 1 aromatic rings. The molecule has 6 heteroatoms. The van der Waals surface area contributed by atoms with E-state index in [0.29, 0.717) is 43.6 Å². The van der Waals surface area contributed by atoms with Crippen molar-refractivity contribution in [3.05, 3.63) is 23.8 Å². The van der Waals surface area contributed by atoms with Gasteiger partial charge in [-0.3, -0.25) is 9.69 Å². The van der Waals surface area contributed by atoms with Gasteiger partial charge in [0.25, 0.3) is 0 Å². The number of carbonyl (C=O) groups is 1. The van der Waals surface area contributed by atoms with Gasteiger partial charge in [-0.25, -0.2) is 0 Å². The lowest BCUT2D eigenvalue weighted by molar-refractivity contribution is -0.121. The molecule has 0 saturated carbocycles. The average Bonchev–Trinajstić information content (AvgIpc) is 2.67. The number of nitrogens with zero attached hydrogens (tertiary/aromatic N) is 1. The molecule has 26 heavy (non-hydrogen) atoms. The first-order chi connectivity index (χ1) is 12.5. The van der Waals surface area contributed by atoms with Crippen LogP contribution in [0.3, 0.4) is 0 Å². The summed E-state index contributed by atoms with van der Waals surface area (Å²) < 4.78 is 16.3. The van der Waals surface area contributed by atoms with Crippen molar-refractivity contribution in [3.63, 3.8) is 0 Å². The molecule has 1 amide bonds. The van der Waals surface area contributed by atoms with Crippen molar-refractivity contribution in [2.24, 2.45) is 5.92 Å². The lowest BCUT2D eigenvalue weighted by Gasteiger charge is -2.35. The van der Waals surface area contributed by atoms with Crippen LogP contribution in [0.5, 0.6) is 11.5 Å². The first-order valence-corrected chi connectivity index (χ1v) is 9.35. The zero-order valence-corrected chi connectivity index (χ0v) is 16.4. The first-order valence-electron chi connectivity index (χ1n) is 9.35. The van der Waals surface area contributed by atoms with Gasteiger partial charge in [-0.15, -0.1) is 0 Å². The average molecular weight is 364 g/mol. The van der Waals surface area contributed by atoms with Gasteiger partial charge in [0.05, 0.1) is 33.5 Å². The van der Waals surface area contributed by atoms with Gasteiger partial charge < -0.3 is 19.5 Å². The van der Waals surface area contributed by atoms with Gasteiger partial charge in [0.2, 0.25) is 5.91 Å². The van der Waals surface area contributed by atoms with Crippen molar-refractivity contribution in [1.82, 2.24) is 10.2 Å². The van der Waals surface area contributed by atoms with Crippen LogP contribution in [-0.2, 0) is 9.53 Å². The van der Waals surface area contributed by atoms with Crippen LogP contribution in [0.1, 0.15) is 38.3 Å². The largest absolute Gasteiger partial charge is 0.493 e. The molecule has 1 heterocycles. The number of carbonyl (C=O) groups excluding carboxylic acids is 1. The Kier molecular flexibility index (Phi) is 8.19. The van der Waals surface area contributed by atoms with E-state index < -0.39 is 0 Å². The highest BCUT2D eigenvalue weighted by Gasteiger charge is 2.24. The maximum Gasteiger partial charge on any atom is 0.220 e. The number of amides is 1. The number of methoxy groups -OCH3 is 2. The zero-order valence-electron chi connectivity index (χ0n) is 16.4. The van der Waals surface area contributed by atoms with Gasteiger partial charge in [0.15, 0.2) is 11.5 Å². The van der Waals surface area contributed by atoms with Crippen LogP contribution >= 0.6 is 0 Å². The summed E-state index contributed by atoms with van der Waals surface area (Å²) in [6.07, 6.45) is 1.48. The summed E-state index contributed by atoms with van der Waals surface area (Å²) in [6, 6.07) is 6.05. The number of morpholine rings is 1. The van der Waals surface area contributed by atoms with E-state index in [9.17, 15) is 4.79 Å². The highest BCUT2D eigenvalue weighted by molar-refractivity contribution is 5.75. The Morgan fingerprint density at radius 1 is 1.19 bits per heavy atom. The predicted molar refractivity (Wildman–Crippen MR) is 102 cm³/mol. The Hall–Kier alpha value is -1.79. The van der Waals surface area contributed by atoms with Crippen LogP contribution < -0.4 is 14.8 Å². The fraction of sp³-hybridized carbons (Fsp3) is 0.650. The molecule has 1 N–H and O–H groups in total. The summed E-state index contributed by atoms with van der Waals surface area (Å²) in [5.74, 6) is 2.05. The molecule has 1 saturated heterocycles. The highest BCUT2D eigenvalue weighted by Crippen LogP contribution is 2.32. The van der Waals surface area contributed by atoms with Crippen LogP contribution in [0.25, 0.3) is 0 Å². The van der Waals surface area contributed by atoms with Crippen LogP contribution in [0, 0.1) is 5.92 Å². The second-order valence-electron chi connectivity index (χ2n) is 7.02. The lowest BCUT2D eigenvalue weighted by atomic mass is 10.0. The number of hydrogen-bond acceptors (Lipinski definition) is 5. The highest BCUT2D eigenvalue weighted by atomic mass is 16.5. The minimum absolute atomic E-state index is 0.0849. The minimum atomic E-state index is 0.0849. The standard InChI is InChI=1S/C20H32N2O4/c1-15(2)5-8-20(23)21-14-17(22-9-11-26-12-10-22)16-6-7-18(24-3)19(13-16)25-4/h6-7,13,15,17H,5,8-12,14H2,1-4H3,(H,21,23). The molecule has 1 atom stereocenters. The number of nitrogens with one attached hydrogen (secondary N) is 1. The predicted octanol–water partition coefficient (Wildman–Crippen LogP) is 2.63. The first kappa shape index (κ1) is 20.5. The molecule has 0 radical (unpaired) electrons. The van der Waals surface area contributed by atoms with Crippen molar-refractivity contribution < 1.29 is 19.0 Å². The fourth-order valence-corrected chi connectivity index (χ4v) is 3.13. The van der Waals surface area contributed by atoms with Gasteiger partial charge in [0.1, 0.15) is 0 Å². The van der Waals surface area contributed by atoms with Gasteiger partial charge in [-0.1, -0.05) is 19.9 Å². The number of ether oxygens (including phenoxy) is 3. The maximum absolute atomic E-state index is 12.2. The van der Waals surface area contributed by atoms with Gasteiger partial charge in [-0.05, 0) is 30.0 Å². The van der Waals surface area contributed by atoms with E-state index >= 15 is 0 Å². The van der Waals surface area contributed by atoms with Crippen molar-refractivity contribution in [2.75, 3.05) is 47.1 Å². The van der Waals surface area contributed by atoms with E-state index in [1.807, 2.05) is 18.2 Å². The van der Waals surface area contributed by atoms with Crippen LogP contribution in [0.2, 0.25) is 0 Å². The monoisotopic (exact) mass is 364 g/mol. The third-order valence-corrected chi connectivity index (χ3v) is 4.72. The number of hydrogen-bond donors (Lipinski definition) is 1. The molecule has 0 spiro atoms. The topological polar surface area (TPSA) is 60.0 Å². The van der Waals surface area contributed by atoms with E-state index in [2.05, 4.69) is 24.1 Å². The molecule has 1 aliphatic rings. The van der Waals surface area contributed by atoms with Gasteiger partial charge in [-0.2, -0.15) is 0 Å². The molecule has 0 aromatic heterocycles. The smallest absolute Gasteiger partial charge is 0.220 e. The second kappa shape index (κ2) is 10.4. The lowest BCUT2D eigenvalue weighted by Crippen LogP contribution is -2.43. The summed E-state index contributed by atoms with van der Waals surface area (Å²) >= 11 is 0. The van der Waals surface area contributed by atoms with E-state index in [1.165, 1.54) is 0 Å². The fourth-order valence-electron chi connectivity index (χ4n) is 3.13. The summed E-state index contributed by atoms with van der Waals surface area (Å²) in [7, 11) is 3.27. The number of benzene rings is 1. The second-order valence-corrected chi connectivity index (χ2v) is 7.02. The third-order valence-electron chi connectivity index (χ3n) is 4.72. The summed E-state index contributed by atoms with van der Waals surface area (Å²) in [6.45, 7) is 7.96. The molecule has 0 bridgehead atoms. The molecule has 2 rings (SSSR count). The van der Waals surface area contributed by atoms with Crippen LogP contribution in [0.4, 0.5) is 0 Å². The summed E-state index contributed by atoms with van der Waals surface area (Å²) in [5.41, 5.74) is 1.11. The third kappa shape index (κ3) is 5.88. The van der Waals surface area contributed by atoms with Gasteiger partial charge >= 0.3 is 0 Å². The maximum atomic E-state index is 12.2. The summed E-state index contributed by atoms with van der Waals surface area (Å²) in [5, 5.41) is 3.11. The molecule has 6 nitrogen and oxygen atoms in total.